The molecule has 2 fully saturated rings. The Labute approximate surface area is 176 Å². The zero-order valence-electron chi connectivity index (χ0n) is 16.4. The molecule has 152 valence electrons. The third kappa shape index (κ3) is 4.50. The van der Waals surface area contributed by atoms with Gasteiger partial charge in [-0.1, -0.05) is 0 Å². The number of nitrogens with one attached hydrogen (secondary N) is 1. The van der Waals surface area contributed by atoms with Gasteiger partial charge in [-0.3, -0.25) is 4.79 Å². The summed E-state index contributed by atoms with van der Waals surface area (Å²) in [5.74, 6) is 0.920. The predicted octanol–water partition coefficient (Wildman–Crippen LogP) is 4.23. The number of aromatic nitrogens is 1. The van der Waals surface area contributed by atoms with E-state index in [1.165, 1.54) is 17.8 Å². The van der Waals surface area contributed by atoms with E-state index in [0.717, 1.165) is 55.3 Å². The highest BCUT2D eigenvalue weighted by Crippen LogP contribution is 2.37. The lowest BCUT2D eigenvalue weighted by atomic mass is 9.78. The number of carbonyl (C=O) groups excluding carboxylic acids is 1. The molecule has 2 aliphatic rings. The number of thiazole rings is 1. The van der Waals surface area contributed by atoms with Crippen LogP contribution in [0.15, 0.2) is 29.6 Å². The second-order valence-corrected chi connectivity index (χ2v) is 8.81. The lowest BCUT2D eigenvalue weighted by Gasteiger charge is -2.38. The number of likely N-dealkylation sites (tertiary alicyclic amines) is 1. The lowest BCUT2D eigenvalue weighted by Crippen LogP contribution is -2.44. The molecule has 3 heterocycles. The molecule has 28 heavy (non-hydrogen) atoms. The third-order valence-electron chi connectivity index (χ3n) is 5.64. The molecule has 1 N–H and O–H groups in total. The van der Waals surface area contributed by atoms with Crippen LogP contribution in [0.5, 0.6) is 5.75 Å². The summed E-state index contributed by atoms with van der Waals surface area (Å²) in [4.78, 5) is 19.4. The van der Waals surface area contributed by atoms with Crippen molar-refractivity contribution in [2.45, 2.75) is 39.2 Å². The van der Waals surface area contributed by atoms with Crippen molar-refractivity contribution in [2.24, 2.45) is 5.41 Å². The van der Waals surface area contributed by atoms with Crippen LogP contribution in [0, 0.1) is 5.41 Å². The van der Waals surface area contributed by atoms with Crippen molar-refractivity contribution in [1.29, 1.82) is 0 Å². The maximum atomic E-state index is 12.9. The molecule has 1 amide bonds. The van der Waals surface area contributed by atoms with Crippen molar-refractivity contribution in [2.75, 3.05) is 26.2 Å². The summed E-state index contributed by atoms with van der Waals surface area (Å²) in [6, 6.07) is 7.92. The normalized spacial score (nSPS) is 18.3. The number of hydrogen-bond acceptors (Lipinski definition) is 5. The topological polar surface area (TPSA) is 54.5 Å². The molecule has 2 aliphatic heterocycles. The van der Waals surface area contributed by atoms with Gasteiger partial charge in [-0.05, 0) is 69.3 Å². The average molecular weight is 422 g/mol. The molecule has 0 aliphatic carbocycles. The molecule has 2 aromatic rings. The molecule has 5 nitrogen and oxygen atoms in total. The van der Waals surface area contributed by atoms with Crippen LogP contribution in [0.2, 0.25) is 0 Å². The van der Waals surface area contributed by atoms with E-state index in [9.17, 15) is 4.79 Å². The fraction of sp³-hybridized carbons (Fsp3) is 0.524. The van der Waals surface area contributed by atoms with E-state index in [0.29, 0.717) is 11.1 Å². The number of halogens is 1. The van der Waals surface area contributed by atoms with Crippen LogP contribution in [0.3, 0.4) is 0 Å². The second kappa shape index (κ2) is 8.80. The fourth-order valence-electron chi connectivity index (χ4n) is 4.02. The summed E-state index contributed by atoms with van der Waals surface area (Å²) in [6.07, 6.45) is 3.59. The first kappa shape index (κ1) is 21.1. The first-order valence-electron chi connectivity index (χ1n) is 9.77. The minimum atomic E-state index is 0. The Kier molecular flexibility index (Phi) is 6.63. The van der Waals surface area contributed by atoms with Crippen LogP contribution >= 0.6 is 23.7 Å². The molecule has 0 radical (unpaired) electrons. The van der Waals surface area contributed by atoms with E-state index in [2.05, 4.69) is 10.3 Å². The van der Waals surface area contributed by atoms with Gasteiger partial charge in [0.05, 0.1) is 6.10 Å². The minimum Gasteiger partial charge on any atom is -0.491 e. The lowest BCUT2D eigenvalue weighted by molar-refractivity contribution is 0.0603. The molecule has 0 atom stereocenters. The third-order valence-corrected chi connectivity index (χ3v) is 6.53. The van der Waals surface area contributed by atoms with Crippen LogP contribution < -0.4 is 10.1 Å². The number of piperidine rings is 1. The van der Waals surface area contributed by atoms with Crippen molar-refractivity contribution in [3.63, 3.8) is 0 Å². The van der Waals surface area contributed by atoms with E-state index in [4.69, 9.17) is 4.74 Å². The van der Waals surface area contributed by atoms with E-state index in [1.807, 2.05) is 48.4 Å². The molecule has 2 saturated heterocycles. The summed E-state index contributed by atoms with van der Waals surface area (Å²) in [5.41, 5.74) is 2.01. The van der Waals surface area contributed by atoms with Crippen LogP contribution in [0.1, 0.15) is 43.6 Å². The largest absolute Gasteiger partial charge is 0.491 e. The maximum absolute atomic E-state index is 12.9. The molecule has 1 aromatic heterocycles. The number of hydrogen-bond donors (Lipinski definition) is 1. The number of ether oxygens (including phenoxy) is 1. The summed E-state index contributed by atoms with van der Waals surface area (Å²) < 4.78 is 5.69. The number of carbonyl (C=O) groups is 1. The summed E-state index contributed by atoms with van der Waals surface area (Å²) in [6.45, 7) is 7.93. The van der Waals surface area contributed by atoms with Crippen molar-refractivity contribution in [3.05, 3.63) is 35.3 Å². The van der Waals surface area contributed by atoms with Gasteiger partial charge in [-0.2, -0.15) is 0 Å². The SMILES string of the molecule is CC(C)Oc1ccc(-c2nc(C(=O)N3CCC4(CCNC4)CC3)cs2)cc1.Cl. The average Bonchev–Trinajstić information content (AvgIpc) is 3.32. The minimum absolute atomic E-state index is 0. The smallest absolute Gasteiger partial charge is 0.273 e. The van der Waals surface area contributed by atoms with E-state index >= 15 is 0 Å². The van der Waals surface area contributed by atoms with Gasteiger partial charge in [0, 0.05) is 30.6 Å². The van der Waals surface area contributed by atoms with Crippen molar-refractivity contribution < 1.29 is 9.53 Å². The molecule has 0 saturated carbocycles. The highest BCUT2D eigenvalue weighted by atomic mass is 35.5. The van der Waals surface area contributed by atoms with Gasteiger partial charge >= 0.3 is 0 Å². The maximum Gasteiger partial charge on any atom is 0.273 e. The van der Waals surface area contributed by atoms with E-state index in [-0.39, 0.29) is 24.4 Å². The standard InChI is InChI=1S/C21H27N3O2S.ClH/c1-15(2)26-17-5-3-16(4-6-17)19-23-18(13-27-19)20(25)24-11-8-21(9-12-24)7-10-22-14-21;/h3-6,13,15,22H,7-12,14H2,1-2H3;1H. The molecule has 7 heteroatoms. The molecule has 1 spiro atoms. The molecule has 4 rings (SSSR count). The van der Waals surface area contributed by atoms with Gasteiger partial charge in [0.1, 0.15) is 16.5 Å². The highest BCUT2D eigenvalue weighted by molar-refractivity contribution is 7.13. The first-order valence-corrected chi connectivity index (χ1v) is 10.7. The van der Waals surface area contributed by atoms with E-state index < -0.39 is 0 Å². The van der Waals surface area contributed by atoms with Crippen LogP contribution in [0.4, 0.5) is 0 Å². The van der Waals surface area contributed by atoms with Gasteiger partial charge in [0.25, 0.3) is 5.91 Å². The Bertz CT molecular complexity index is 790. The molecule has 1 aromatic carbocycles. The van der Waals surface area contributed by atoms with Crippen molar-refractivity contribution in [3.8, 4) is 16.3 Å². The molecular formula is C21H28ClN3O2S. The number of benzene rings is 1. The summed E-state index contributed by atoms with van der Waals surface area (Å²) in [7, 11) is 0. The molecule has 0 bridgehead atoms. The fourth-order valence-corrected chi connectivity index (χ4v) is 4.82. The molecule has 0 unspecified atom stereocenters. The Morgan fingerprint density at radius 1 is 1.21 bits per heavy atom. The van der Waals surface area contributed by atoms with Crippen molar-refractivity contribution >= 4 is 29.7 Å². The van der Waals surface area contributed by atoms with Crippen molar-refractivity contribution in [1.82, 2.24) is 15.2 Å². The monoisotopic (exact) mass is 421 g/mol. The van der Waals surface area contributed by atoms with Gasteiger partial charge in [0.15, 0.2) is 0 Å². The van der Waals surface area contributed by atoms with Gasteiger partial charge in [-0.15, -0.1) is 23.7 Å². The van der Waals surface area contributed by atoms with E-state index in [1.54, 1.807) is 0 Å². The Morgan fingerprint density at radius 2 is 1.93 bits per heavy atom. The van der Waals surface area contributed by atoms with Crippen LogP contribution in [-0.4, -0.2) is 48.1 Å². The van der Waals surface area contributed by atoms with Gasteiger partial charge in [-0.25, -0.2) is 4.98 Å². The van der Waals surface area contributed by atoms with Crippen LogP contribution in [0.25, 0.3) is 10.6 Å². The highest BCUT2D eigenvalue weighted by Gasteiger charge is 2.38. The zero-order chi connectivity index (χ0) is 18.9. The zero-order valence-corrected chi connectivity index (χ0v) is 18.1. The predicted molar refractivity (Wildman–Crippen MR) is 116 cm³/mol. The van der Waals surface area contributed by atoms with Crippen LogP contribution in [-0.2, 0) is 0 Å². The number of rotatable bonds is 4. The molecular weight excluding hydrogens is 394 g/mol. The van der Waals surface area contributed by atoms with Gasteiger partial charge in [0.2, 0.25) is 0 Å². The number of nitrogens with zero attached hydrogens (tertiary/aromatic N) is 2. The number of amides is 1. The first-order chi connectivity index (χ1) is 13.0. The summed E-state index contributed by atoms with van der Waals surface area (Å²) >= 11 is 1.52. The Hall–Kier alpha value is -1.63. The quantitative estimate of drug-likeness (QED) is 0.802. The Morgan fingerprint density at radius 3 is 2.54 bits per heavy atom. The second-order valence-electron chi connectivity index (χ2n) is 7.95. The summed E-state index contributed by atoms with van der Waals surface area (Å²) in [5, 5.41) is 6.24. The van der Waals surface area contributed by atoms with Gasteiger partial charge < -0.3 is 15.0 Å². The Balaban J connectivity index is 0.00000225.